The van der Waals surface area contributed by atoms with Crippen LogP contribution in [0.15, 0.2) is 0 Å². The highest BCUT2D eigenvalue weighted by Gasteiger charge is 2.29. The third kappa shape index (κ3) is 4.17. The van der Waals surface area contributed by atoms with E-state index in [1.807, 2.05) is 5.01 Å². The fourth-order valence-electron chi connectivity index (χ4n) is 3.05. The summed E-state index contributed by atoms with van der Waals surface area (Å²) in [5.41, 5.74) is 2.95. The summed E-state index contributed by atoms with van der Waals surface area (Å²) < 4.78 is 23.1. The number of carbonyl (C=O) groups is 1. The summed E-state index contributed by atoms with van der Waals surface area (Å²) >= 11 is 0. The molecule has 0 aromatic heterocycles. The quantitative estimate of drug-likeness (QED) is 0.771. The van der Waals surface area contributed by atoms with E-state index in [2.05, 4.69) is 24.6 Å². The van der Waals surface area contributed by atoms with Gasteiger partial charge in [-0.1, -0.05) is 6.42 Å². The molecule has 0 radical (unpaired) electrons. The first-order valence-corrected chi connectivity index (χ1v) is 9.21. The van der Waals surface area contributed by atoms with Crippen molar-refractivity contribution in [2.45, 2.75) is 57.7 Å². The summed E-state index contributed by atoms with van der Waals surface area (Å²) in [5, 5.41) is 5.12. The molecule has 0 aromatic rings. The first-order valence-electron chi connectivity index (χ1n) is 7.39. The highest BCUT2D eigenvalue weighted by molar-refractivity contribution is 7.91. The third-order valence-corrected chi connectivity index (χ3v) is 5.92. The van der Waals surface area contributed by atoms with E-state index in [1.165, 1.54) is 6.42 Å². The van der Waals surface area contributed by atoms with Crippen LogP contribution in [0, 0.1) is 0 Å². The lowest BCUT2D eigenvalue weighted by atomic mass is 10.00. The largest absolute Gasteiger partial charge is 0.311 e. The average Bonchev–Trinajstić information content (AvgIpc) is 2.33. The Hall–Kier alpha value is -0.660. The summed E-state index contributed by atoms with van der Waals surface area (Å²) in [6.07, 6.45) is 3.58. The van der Waals surface area contributed by atoms with E-state index in [4.69, 9.17) is 0 Å². The van der Waals surface area contributed by atoms with E-state index in [9.17, 15) is 13.2 Å². The average molecular weight is 303 g/mol. The van der Waals surface area contributed by atoms with Gasteiger partial charge in [0.1, 0.15) is 0 Å². The van der Waals surface area contributed by atoms with Gasteiger partial charge in [0.2, 0.25) is 5.91 Å². The monoisotopic (exact) mass is 303 g/mol. The van der Waals surface area contributed by atoms with Gasteiger partial charge >= 0.3 is 0 Å². The second-order valence-electron chi connectivity index (χ2n) is 6.04. The van der Waals surface area contributed by atoms with Crippen LogP contribution in [-0.2, 0) is 14.6 Å². The predicted octanol–water partition coefficient (Wildman–Crippen LogP) is 0.0572. The van der Waals surface area contributed by atoms with Gasteiger partial charge in [0.05, 0.1) is 11.5 Å². The van der Waals surface area contributed by atoms with Crippen molar-refractivity contribution in [3.05, 3.63) is 0 Å². The fraction of sp³-hybridized carbons (Fsp3) is 0.923. The normalized spacial score (nSPS) is 34.6. The number of piperidine rings is 1. The molecule has 2 fully saturated rings. The molecule has 0 bridgehead atoms. The lowest BCUT2D eigenvalue weighted by Gasteiger charge is -2.39. The molecule has 2 aliphatic heterocycles. The van der Waals surface area contributed by atoms with E-state index in [0.29, 0.717) is 18.6 Å². The van der Waals surface area contributed by atoms with Crippen LogP contribution >= 0.6 is 0 Å². The topological polar surface area (TPSA) is 78.5 Å². The molecule has 1 amide bonds. The number of nitrogens with zero attached hydrogens (tertiary/aromatic N) is 1. The number of sulfone groups is 1. The maximum atomic E-state index is 12.1. The minimum absolute atomic E-state index is 0.0610. The Morgan fingerprint density at radius 2 is 1.95 bits per heavy atom. The summed E-state index contributed by atoms with van der Waals surface area (Å²) in [5.74, 6) is 0.136. The number of nitrogens with one attached hydrogen (secondary N) is 2. The summed E-state index contributed by atoms with van der Waals surface area (Å²) in [7, 11) is -2.99. The van der Waals surface area contributed by atoms with Crippen molar-refractivity contribution in [1.82, 2.24) is 15.8 Å². The molecular weight excluding hydrogens is 278 g/mol. The Morgan fingerprint density at radius 1 is 1.30 bits per heavy atom. The fourth-order valence-corrected chi connectivity index (χ4v) is 4.50. The van der Waals surface area contributed by atoms with Crippen molar-refractivity contribution in [2.75, 3.05) is 18.1 Å². The predicted molar refractivity (Wildman–Crippen MR) is 77.8 cm³/mol. The molecule has 2 saturated heterocycles. The molecule has 0 spiro atoms. The molecule has 0 aromatic carbocycles. The lowest BCUT2D eigenvalue weighted by Crippen LogP contribution is -2.55. The first kappa shape index (κ1) is 15.7. The Kier molecular flexibility index (Phi) is 5.04. The first-order chi connectivity index (χ1) is 9.37. The van der Waals surface area contributed by atoms with E-state index >= 15 is 0 Å². The molecule has 6 nitrogen and oxygen atoms in total. The lowest BCUT2D eigenvalue weighted by molar-refractivity contribution is -0.129. The van der Waals surface area contributed by atoms with Gasteiger partial charge in [-0.3, -0.25) is 10.2 Å². The molecule has 20 heavy (non-hydrogen) atoms. The van der Waals surface area contributed by atoms with Crippen molar-refractivity contribution in [3.63, 3.8) is 0 Å². The molecule has 2 rings (SSSR count). The molecule has 2 heterocycles. The summed E-state index contributed by atoms with van der Waals surface area (Å²) in [6.45, 7) is 4.66. The Balaban J connectivity index is 1.85. The molecule has 0 saturated carbocycles. The minimum atomic E-state index is -2.99. The molecule has 3 atom stereocenters. The summed E-state index contributed by atoms with van der Waals surface area (Å²) in [4.78, 5) is 12.1. The van der Waals surface area contributed by atoms with E-state index in [-0.39, 0.29) is 29.9 Å². The number of hydrazine groups is 1. The zero-order valence-electron chi connectivity index (χ0n) is 12.3. The number of hydrogen-bond acceptors (Lipinski definition) is 5. The van der Waals surface area contributed by atoms with Gasteiger partial charge in [0, 0.05) is 31.1 Å². The second kappa shape index (κ2) is 6.41. The number of carbonyl (C=O) groups excluding carboxylic acids is 1. The van der Waals surface area contributed by atoms with Crippen LogP contribution < -0.4 is 10.7 Å². The molecule has 116 valence electrons. The zero-order valence-corrected chi connectivity index (χ0v) is 13.1. The van der Waals surface area contributed by atoms with Gasteiger partial charge in [-0.05, 0) is 26.7 Å². The van der Waals surface area contributed by atoms with Crippen molar-refractivity contribution in [1.29, 1.82) is 0 Å². The van der Waals surface area contributed by atoms with Crippen LogP contribution in [0.5, 0.6) is 0 Å². The van der Waals surface area contributed by atoms with Gasteiger partial charge in [-0.25, -0.2) is 13.4 Å². The smallest absolute Gasteiger partial charge is 0.235 e. The van der Waals surface area contributed by atoms with Crippen LogP contribution in [-0.4, -0.2) is 55.5 Å². The van der Waals surface area contributed by atoms with Crippen LogP contribution in [0.1, 0.15) is 39.5 Å². The van der Waals surface area contributed by atoms with Gasteiger partial charge < -0.3 is 5.32 Å². The molecule has 2 N–H and O–H groups in total. The maximum absolute atomic E-state index is 12.1. The minimum Gasteiger partial charge on any atom is -0.311 e. The molecular formula is C13H25N3O3S. The highest BCUT2D eigenvalue weighted by Crippen LogP contribution is 2.20. The van der Waals surface area contributed by atoms with Crippen LogP contribution in [0.4, 0.5) is 0 Å². The van der Waals surface area contributed by atoms with Crippen molar-refractivity contribution in [3.8, 4) is 0 Å². The van der Waals surface area contributed by atoms with Gasteiger partial charge in [-0.15, -0.1) is 0 Å². The SMILES string of the molecule is CC1CCCC(C)N1NC(=O)CC1CS(=O)(=O)CCN1. The van der Waals surface area contributed by atoms with E-state index < -0.39 is 9.84 Å². The molecule has 0 aliphatic carbocycles. The van der Waals surface area contributed by atoms with Gasteiger partial charge in [-0.2, -0.15) is 0 Å². The highest BCUT2D eigenvalue weighted by atomic mass is 32.2. The third-order valence-electron chi connectivity index (χ3n) is 4.18. The Bertz CT molecular complexity index is 442. The molecule has 3 unspecified atom stereocenters. The van der Waals surface area contributed by atoms with Crippen LogP contribution in [0.2, 0.25) is 0 Å². The van der Waals surface area contributed by atoms with Crippen LogP contribution in [0.3, 0.4) is 0 Å². The number of rotatable bonds is 3. The Labute approximate surface area is 121 Å². The van der Waals surface area contributed by atoms with E-state index in [0.717, 1.165) is 12.8 Å². The maximum Gasteiger partial charge on any atom is 0.235 e. The zero-order chi connectivity index (χ0) is 14.8. The van der Waals surface area contributed by atoms with Crippen molar-refractivity contribution >= 4 is 15.7 Å². The second-order valence-corrected chi connectivity index (χ2v) is 8.27. The van der Waals surface area contributed by atoms with Crippen LogP contribution in [0.25, 0.3) is 0 Å². The van der Waals surface area contributed by atoms with Crippen molar-refractivity contribution < 1.29 is 13.2 Å². The molecule has 2 aliphatic rings. The number of hydrogen-bond donors (Lipinski definition) is 2. The van der Waals surface area contributed by atoms with Gasteiger partial charge in [0.25, 0.3) is 0 Å². The van der Waals surface area contributed by atoms with E-state index in [1.54, 1.807) is 0 Å². The van der Waals surface area contributed by atoms with Crippen molar-refractivity contribution in [2.24, 2.45) is 0 Å². The number of amides is 1. The van der Waals surface area contributed by atoms with Gasteiger partial charge in [0.15, 0.2) is 9.84 Å². The standard InChI is InChI=1S/C13H25N3O3S/c1-10-4-3-5-11(2)16(10)15-13(17)8-12-9-20(18,19)7-6-14-12/h10-12,14H,3-9H2,1-2H3,(H,15,17). The Morgan fingerprint density at radius 3 is 2.55 bits per heavy atom. The molecule has 7 heteroatoms. The summed E-state index contributed by atoms with van der Waals surface area (Å²) in [6, 6.07) is 0.417.